The number of nitrogens with one attached hydrogen (secondary N) is 1. The van der Waals surface area contributed by atoms with Gasteiger partial charge in [0.15, 0.2) is 17.0 Å². The minimum Gasteiger partial charge on any atom is -0.489 e. The van der Waals surface area contributed by atoms with Crippen molar-refractivity contribution in [3.8, 4) is 5.75 Å². The summed E-state index contributed by atoms with van der Waals surface area (Å²) in [7, 11) is 0. The van der Waals surface area contributed by atoms with Crippen LogP contribution in [-0.4, -0.2) is 45.3 Å². The van der Waals surface area contributed by atoms with Crippen LogP contribution in [0, 0.1) is 0 Å². The molecule has 3 N–H and O–H groups in total. The standard InChI is InChI=1S/C13H18N2O5/c1-8(2)20-9-5-4-6-14-10(9)11(16)15-7-13(3,19)12(17)18/h4-6,8,19H,7H2,1-3H3,(H,15,16)(H,17,18). The number of hydrogen-bond donors (Lipinski definition) is 3. The van der Waals surface area contributed by atoms with E-state index in [1.54, 1.807) is 12.1 Å². The van der Waals surface area contributed by atoms with E-state index in [2.05, 4.69) is 10.3 Å². The first-order valence-corrected chi connectivity index (χ1v) is 6.09. The number of nitrogens with zero attached hydrogens (tertiary/aromatic N) is 1. The van der Waals surface area contributed by atoms with Crippen LogP contribution in [0.2, 0.25) is 0 Å². The number of carbonyl (C=O) groups excluding carboxylic acids is 1. The highest BCUT2D eigenvalue weighted by Crippen LogP contribution is 2.17. The largest absolute Gasteiger partial charge is 0.489 e. The summed E-state index contributed by atoms with van der Waals surface area (Å²) in [4.78, 5) is 26.6. The first-order chi connectivity index (χ1) is 9.24. The summed E-state index contributed by atoms with van der Waals surface area (Å²) in [5.74, 6) is -1.73. The number of rotatable bonds is 6. The molecule has 0 spiro atoms. The molecule has 1 amide bonds. The van der Waals surface area contributed by atoms with Gasteiger partial charge in [0, 0.05) is 6.20 Å². The number of ether oxygens (including phenoxy) is 1. The van der Waals surface area contributed by atoms with E-state index in [0.717, 1.165) is 6.92 Å². The summed E-state index contributed by atoms with van der Waals surface area (Å²) in [6.45, 7) is 4.28. The van der Waals surface area contributed by atoms with Gasteiger partial charge in [-0.2, -0.15) is 0 Å². The fraction of sp³-hybridized carbons (Fsp3) is 0.462. The molecule has 1 aromatic heterocycles. The molecule has 110 valence electrons. The molecule has 20 heavy (non-hydrogen) atoms. The van der Waals surface area contributed by atoms with E-state index in [1.807, 2.05) is 13.8 Å². The second-order valence-corrected chi connectivity index (χ2v) is 4.78. The van der Waals surface area contributed by atoms with Gasteiger partial charge >= 0.3 is 5.97 Å². The SMILES string of the molecule is CC(C)Oc1cccnc1C(=O)NCC(C)(O)C(=O)O. The molecule has 0 saturated heterocycles. The summed E-state index contributed by atoms with van der Waals surface area (Å²) in [6.07, 6.45) is 1.30. The second-order valence-electron chi connectivity index (χ2n) is 4.78. The summed E-state index contributed by atoms with van der Waals surface area (Å²) >= 11 is 0. The zero-order valence-electron chi connectivity index (χ0n) is 11.6. The van der Waals surface area contributed by atoms with E-state index >= 15 is 0 Å². The van der Waals surface area contributed by atoms with Crippen LogP contribution < -0.4 is 10.1 Å². The molecule has 0 saturated carbocycles. The van der Waals surface area contributed by atoms with E-state index in [-0.39, 0.29) is 11.8 Å². The van der Waals surface area contributed by atoms with Crippen LogP contribution in [-0.2, 0) is 4.79 Å². The number of pyridine rings is 1. The van der Waals surface area contributed by atoms with E-state index in [1.165, 1.54) is 6.20 Å². The van der Waals surface area contributed by atoms with Crippen molar-refractivity contribution in [2.75, 3.05) is 6.54 Å². The predicted molar refractivity (Wildman–Crippen MR) is 70.6 cm³/mol. The number of carbonyl (C=O) groups is 2. The molecule has 1 atom stereocenters. The maximum Gasteiger partial charge on any atom is 0.337 e. The number of aliphatic hydroxyl groups is 1. The Balaban J connectivity index is 2.80. The van der Waals surface area contributed by atoms with Crippen LogP contribution >= 0.6 is 0 Å². The van der Waals surface area contributed by atoms with Crippen LogP contribution in [0.15, 0.2) is 18.3 Å². The third-order valence-corrected chi connectivity index (χ3v) is 2.40. The molecule has 1 aromatic rings. The molecule has 1 heterocycles. The van der Waals surface area contributed by atoms with Gasteiger partial charge in [-0.1, -0.05) is 0 Å². The maximum atomic E-state index is 12.0. The monoisotopic (exact) mass is 282 g/mol. The summed E-state index contributed by atoms with van der Waals surface area (Å²) < 4.78 is 5.44. The van der Waals surface area contributed by atoms with E-state index in [4.69, 9.17) is 9.84 Å². The number of aromatic nitrogens is 1. The van der Waals surface area contributed by atoms with Crippen LogP contribution in [0.25, 0.3) is 0 Å². The van der Waals surface area contributed by atoms with Gasteiger partial charge in [0.2, 0.25) is 0 Å². The third kappa shape index (κ3) is 4.20. The zero-order chi connectivity index (χ0) is 15.3. The van der Waals surface area contributed by atoms with Crippen LogP contribution in [0.3, 0.4) is 0 Å². The lowest BCUT2D eigenvalue weighted by molar-refractivity contribution is -0.155. The van der Waals surface area contributed by atoms with E-state index in [0.29, 0.717) is 5.75 Å². The van der Waals surface area contributed by atoms with Gasteiger partial charge < -0.3 is 20.3 Å². The predicted octanol–water partition coefficient (Wildman–Crippen LogP) is 0.434. The Labute approximate surface area is 116 Å². The summed E-state index contributed by atoms with van der Waals surface area (Å²) in [5.41, 5.74) is -1.99. The first-order valence-electron chi connectivity index (χ1n) is 6.09. The topological polar surface area (TPSA) is 109 Å². The quantitative estimate of drug-likeness (QED) is 0.698. The lowest BCUT2D eigenvalue weighted by atomic mass is 10.1. The molecule has 0 radical (unpaired) electrons. The molecular formula is C13H18N2O5. The van der Waals surface area contributed by atoms with Crippen LogP contribution in [0.5, 0.6) is 5.75 Å². The highest BCUT2D eigenvalue weighted by Gasteiger charge is 2.31. The number of aliphatic carboxylic acids is 1. The van der Waals surface area contributed by atoms with Crippen LogP contribution in [0.1, 0.15) is 31.3 Å². The van der Waals surface area contributed by atoms with Crippen molar-refractivity contribution in [2.45, 2.75) is 32.5 Å². The average Bonchev–Trinajstić information content (AvgIpc) is 2.36. The second kappa shape index (κ2) is 6.33. The molecule has 7 heteroatoms. The number of carboxylic acid groups (broad SMARTS) is 1. The lowest BCUT2D eigenvalue weighted by Gasteiger charge is -2.19. The van der Waals surface area contributed by atoms with Gasteiger partial charge in [-0.3, -0.25) is 4.79 Å². The molecule has 0 aliphatic carbocycles. The van der Waals surface area contributed by atoms with Gasteiger partial charge in [-0.15, -0.1) is 0 Å². The molecule has 1 unspecified atom stereocenters. The Kier molecular flexibility index (Phi) is 5.04. The van der Waals surface area contributed by atoms with Crippen molar-refractivity contribution < 1.29 is 24.5 Å². The maximum absolute atomic E-state index is 12.0. The van der Waals surface area contributed by atoms with E-state index in [9.17, 15) is 14.7 Å². The summed E-state index contributed by atoms with van der Waals surface area (Å²) in [5, 5.41) is 20.6. The van der Waals surface area contributed by atoms with Crippen LogP contribution in [0.4, 0.5) is 0 Å². The van der Waals surface area contributed by atoms with Crippen molar-refractivity contribution in [1.82, 2.24) is 10.3 Å². The Bertz CT molecular complexity index is 499. The Morgan fingerprint density at radius 2 is 2.15 bits per heavy atom. The normalized spacial score (nSPS) is 13.7. The lowest BCUT2D eigenvalue weighted by Crippen LogP contribution is -2.46. The zero-order valence-corrected chi connectivity index (χ0v) is 11.6. The minimum atomic E-state index is -2.04. The molecule has 7 nitrogen and oxygen atoms in total. The Hall–Kier alpha value is -2.15. The third-order valence-electron chi connectivity index (χ3n) is 2.40. The average molecular weight is 282 g/mol. The minimum absolute atomic E-state index is 0.0439. The number of amides is 1. The number of carboxylic acids is 1. The Morgan fingerprint density at radius 1 is 1.50 bits per heavy atom. The smallest absolute Gasteiger partial charge is 0.337 e. The highest BCUT2D eigenvalue weighted by molar-refractivity contribution is 5.95. The summed E-state index contributed by atoms with van der Waals surface area (Å²) in [6, 6.07) is 3.22. The molecular weight excluding hydrogens is 264 g/mol. The van der Waals surface area contributed by atoms with Gasteiger partial charge in [-0.25, -0.2) is 9.78 Å². The molecule has 0 aliphatic rings. The molecule has 0 aliphatic heterocycles. The van der Waals surface area contributed by atoms with Gasteiger partial charge in [0.1, 0.15) is 0 Å². The van der Waals surface area contributed by atoms with Crippen molar-refractivity contribution >= 4 is 11.9 Å². The fourth-order valence-corrected chi connectivity index (χ4v) is 1.32. The Morgan fingerprint density at radius 3 is 2.70 bits per heavy atom. The fourth-order valence-electron chi connectivity index (χ4n) is 1.32. The number of hydrogen-bond acceptors (Lipinski definition) is 5. The first kappa shape index (κ1) is 15.9. The van der Waals surface area contributed by atoms with Gasteiger partial charge in [0.05, 0.1) is 12.6 Å². The van der Waals surface area contributed by atoms with E-state index < -0.39 is 24.0 Å². The molecule has 0 bridgehead atoms. The van der Waals surface area contributed by atoms with Crippen molar-refractivity contribution in [2.24, 2.45) is 0 Å². The van der Waals surface area contributed by atoms with Crippen molar-refractivity contribution in [1.29, 1.82) is 0 Å². The van der Waals surface area contributed by atoms with Crippen molar-refractivity contribution in [3.05, 3.63) is 24.0 Å². The molecule has 0 aromatic carbocycles. The molecule has 0 fully saturated rings. The van der Waals surface area contributed by atoms with Gasteiger partial charge in [-0.05, 0) is 32.9 Å². The van der Waals surface area contributed by atoms with Crippen molar-refractivity contribution in [3.63, 3.8) is 0 Å². The van der Waals surface area contributed by atoms with Gasteiger partial charge in [0.25, 0.3) is 5.91 Å². The molecule has 1 rings (SSSR count). The highest BCUT2D eigenvalue weighted by atomic mass is 16.5.